The number of ether oxygens (including phenoxy) is 1. The molecule has 0 unspecified atom stereocenters. The second-order valence-corrected chi connectivity index (χ2v) is 5.52. The molecule has 1 aliphatic heterocycles. The average Bonchev–Trinajstić information content (AvgIpc) is 2.61. The van der Waals surface area contributed by atoms with Gasteiger partial charge in [0.25, 0.3) is 0 Å². The number of thiazole rings is 1. The second kappa shape index (κ2) is 3.90. The fourth-order valence-corrected chi connectivity index (χ4v) is 2.10. The Labute approximate surface area is 98.6 Å². The van der Waals surface area contributed by atoms with Gasteiger partial charge in [-0.15, -0.1) is 11.3 Å². The summed E-state index contributed by atoms with van der Waals surface area (Å²) in [5.41, 5.74) is 2.27. The molecule has 2 rings (SSSR count). The van der Waals surface area contributed by atoms with Crippen LogP contribution in [0.1, 0.15) is 31.3 Å². The van der Waals surface area contributed by atoms with E-state index in [4.69, 9.17) is 4.74 Å². The second-order valence-electron chi connectivity index (χ2n) is 4.58. The van der Waals surface area contributed by atoms with Crippen LogP contribution < -0.4 is 0 Å². The maximum absolute atomic E-state index is 11.8. The smallest absolute Gasteiger partial charge is 0.414 e. The lowest BCUT2D eigenvalue weighted by molar-refractivity contribution is 0.0324. The molecule has 0 atom stereocenters. The molecule has 2 heterocycles. The summed E-state index contributed by atoms with van der Waals surface area (Å²) in [4.78, 5) is 18.6. The number of fused-ring (bicyclic) bond motifs is 1. The average molecular weight is 238 g/mol. The van der Waals surface area contributed by atoms with Crippen molar-refractivity contribution in [2.24, 2.45) is 0 Å². The van der Waals surface area contributed by atoms with Crippen LogP contribution in [0.25, 0.3) is 6.08 Å². The molecule has 0 saturated heterocycles. The van der Waals surface area contributed by atoms with E-state index >= 15 is 0 Å². The Hall–Kier alpha value is -1.36. The van der Waals surface area contributed by atoms with Gasteiger partial charge in [-0.2, -0.15) is 0 Å². The third-order valence-corrected chi connectivity index (χ3v) is 2.86. The van der Waals surface area contributed by atoms with Crippen LogP contribution in [-0.4, -0.2) is 21.6 Å². The minimum absolute atomic E-state index is 0.317. The summed E-state index contributed by atoms with van der Waals surface area (Å²) in [5.74, 6) is 0. The highest BCUT2D eigenvalue weighted by molar-refractivity contribution is 7.09. The van der Waals surface area contributed by atoms with Crippen LogP contribution in [0.3, 0.4) is 0 Å². The molecule has 1 aromatic rings. The number of aromatic nitrogens is 1. The van der Waals surface area contributed by atoms with Crippen LogP contribution in [0, 0.1) is 0 Å². The fraction of sp³-hybridized carbons (Fsp3) is 0.455. The minimum Gasteiger partial charge on any atom is -0.443 e. The zero-order chi connectivity index (χ0) is 11.8. The van der Waals surface area contributed by atoms with E-state index in [1.165, 1.54) is 0 Å². The van der Waals surface area contributed by atoms with Gasteiger partial charge < -0.3 is 4.74 Å². The van der Waals surface area contributed by atoms with Crippen molar-refractivity contribution in [1.29, 1.82) is 0 Å². The predicted molar refractivity (Wildman–Crippen MR) is 62.9 cm³/mol. The van der Waals surface area contributed by atoms with Gasteiger partial charge in [-0.3, -0.25) is 4.90 Å². The summed E-state index contributed by atoms with van der Waals surface area (Å²) in [6.07, 6.45) is 3.23. The molecule has 1 amide bonds. The summed E-state index contributed by atoms with van der Waals surface area (Å²) >= 11 is 1.55. The van der Waals surface area contributed by atoms with E-state index in [9.17, 15) is 4.79 Å². The van der Waals surface area contributed by atoms with Crippen molar-refractivity contribution in [3.8, 4) is 0 Å². The molecule has 0 aliphatic carbocycles. The van der Waals surface area contributed by atoms with Crippen molar-refractivity contribution in [2.75, 3.05) is 0 Å². The van der Waals surface area contributed by atoms with Crippen molar-refractivity contribution in [3.63, 3.8) is 0 Å². The predicted octanol–water partition coefficient (Wildman–Crippen LogP) is 2.86. The summed E-state index contributed by atoms with van der Waals surface area (Å²) in [5, 5.41) is 0. The van der Waals surface area contributed by atoms with Crippen molar-refractivity contribution in [1.82, 2.24) is 9.88 Å². The Morgan fingerprint density at radius 2 is 2.31 bits per heavy atom. The molecule has 0 spiro atoms. The normalized spacial score (nSPS) is 14.8. The van der Waals surface area contributed by atoms with Crippen LogP contribution in [-0.2, 0) is 11.3 Å². The standard InChI is InChI=1S/C11H14N2O2S/c1-11(2,3)15-10(14)13-5-4-8-9(6-13)16-7-12-8/h4-5,7H,6H2,1-3H3. The summed E-state index contributed by atoms with van der Waals surface area (Å²) < 4.78 is 5.29. The Kier molecular flexibility index (Phi) is 2.71. The lowest BCUT2D eigenvalue weighted by Gasteiger charge is -2.26. The molecule has 0 radical (unpaired) electrons. The van der Waals surface area contributed by atoms with E-state index in [1.807, 2.05) is 26.8 Å². The third-order valence-electron chi connectivity index (χ3n) is 2.03. The number of amides is 1. The lowest BCUT2D eigenvalue weighted by Crippen LogP contribution is -2.34. The molecule has 86 valence electrons. The number of hydrogen-bond acceptors (Lipinski definition) is 4. The van der Waals surface area contributed by atoms with E-state index < -0.39 is 5.60 Å². The molecule has 0 fully saturated rings. The van der Waals surface area contributed by atoms with Gasteiger partial charge in [0.1, 0.15) is 5.60 Å². The highest BCUT2D eigenvalue weighted by atomic mass is 32.1. The van der Waals surface area contributed by atoms with Crippen LogP contribution in [0.15, 0.2) is 11.7 Å². The van der Waals surface area contributed by atoms with Gasteiger partial charge in [0.15, 0.2) is 0 Å². The van der Waals surface area contributed by atoms with E-state index in [1.54, 1.807) is 27.9 Å². The van der Waals surface area contributed by atoms with Gasteiger partial charge in [-0.05, 0) is 26.8 Å². The Morgan fingerprint density at radius 3 is 3.00 bits per heavy atom. The van der Waals surface area contributed by atoms with E-state index in [0.29, 0.717) is 6.54 Å². The molecule has 5 heteroatoms. The van der Waals surface area contributed by atoms with E-state index in [-0.39, 0.29) is 6.09 Å². The highest BCUT2D eigenvalue weighted by Crippen LogP contribution is 2.23. The molecular weight excluding hydrogens is 224 g/mol. The first-order valence-electron chi connectivity index (χ1n) is 5.06. The van der Waals surface area contributed by atoms with E-state index in [2.05, 4.69) is 4.98 Å². The first-order valence-corrected chi connectivity index (χ1v) is 5.94. The third kappa shape index (κ3) is 2.41. The highest BCUT2D eigenvalue weighted by Gasteiger charge is 2.23. The topological polar surface area (TPSA) is 42.4 Å². The molecule has 0 N–H and O–H groups in total. The number of rotatable bonds is 0. The number of hydrogen-bond donors (Lipinski definition) is 0. The number of carbonyl (C=O) groups excluding carboxylic acids is 1. The summed E-state index contributed by atoms with van der Waals surface area (Å²) in [6, 6.07) is 0. The maximum Gasteiger partial charge on any atom is 0.414 e. The molecular formula is C11H14N2O2S. The SMILES string of the molecule is CC(C)(C)OC(=O)N1C=Cc2ncsc2C1. The van der Waals surface area contributed by atoms with Crippen LogP contribution in [0.4, 0.5) is 4.79 Å². The zero-order valence-corrected chi connectivity index (χ0v) is 10.4. The lowest BCUT2D eigenvalue weighted by atomic mass is 10.2. The minimum atomic E-state index is -0.459. The molecule has 0 aromatic carbocycles. The van der Waals surface area contributed by atoms with Crippen LogP contribution in [0.2, 0.25) is 0 Å². The largest absolute Gasteiger partial charge is 0.443 e. The zero-order valence-electron chi connectivity index (χ0n) is 9.56. The molecule has 0 saturated carbocycles. The van der Waals surface area contributed by atoms with Gasteiger partial charge in [-0.1, -0.05) is 0 Å². The quantitative estimate of drug-likeness (QED) is 0.698. The van der Waals surface area contributed by atoms with Crippen molar-refractivity contribution in [2.45, 2.75) is 32.9 Å². The Morgan fingerprint density at radius 1 is 1.56 bits per heavy atom. The molecule has 4 nitrogen and oxygen atoms in total. The van der Waals surface area contributed by atoms with Crippen LogP contribution >= 0.6 is 11.3 Å². The van der Waals surface area contributed by atoms with Gasteiger partial charge in [0, 0.05) is 6.20 Å². The van der Waals surface area contributed by atoms with Gasteiger partial charge in [-0.25, -0.2) is 9.78 Å². The molecule has 1 aromatic heterocycles. The number of nitrogens with zero attached hydrogens (tertiary/aromatic N) is 2. The number of carbonyl (C=O) groups is 1. The molecule has 16 heavy (non-hydrogen) atoms. The molecule has 0 bridgehead atoms. The Balaban J connectivity index is 2.06. The van der Waals surface area contributed by atoms with Crippen molar-refractivity contribution in [3.05, 3.63) is 22.3 Å². The van der Waals surface area contributed by atoms with E-state index in [0.717, 1.165) is 10.6 Å². The van der Waals surface area contributed by atoms with Crippen molar-refractivity contribution >= 4 is 23.5 Å². The summed E-state index contributed by atoms with van der Waals surface area (Å²) in [6.45, 7) is 6.12. The first-order chi connectivity index (χ1) is 7.46. The van der Waals surface area contributed by atoms with Crippen molar-refractivity contribution < 1.29 is 9.53 Å². The van der Waals surface area contributed by atoms with Crippen LogP contribution in [0.5, 0.6) is 0 Å². The molecule has 1 aliphatic rings. The van der Waals surface area contributed by atoms with Gasteiger partial charge in [0.05, 0.1) is 22.6 Å². The Bertz CT molecular complexity index is 431. The maximum atomic E-state index is 11.8. The first kappa shape index (κ1) is 11.1. The van der Waals surface area contributed by atoms with Gasteiger partial charge >= 0.3 is 6.09 Å². The van der Waals surface area contributed by atoms with Gasteiger partial charge in [0.2, 0.25) is 0 Å². The monoisotopic (exact) mass is 238 g/mol. The fourth-order valence-electron chi connectivity index (χ4n) is 1.35. The summed E-state index contributed by atoms with van der Waals surface area (Å²) in [7, 11) is 0.